The SMILES string of the molecule is Fc1cc(Br)cc2c(NCCc3nnc4n3CCC4)cc(C(F)(F)F)nc12. The molecular formula is C17H14BrF4N5. The van der Waals surface area contributed by atoms with Gasteiger partial charge in [0.2, 0.25) is 0 Å². The van der Waals surface area contributed by atoms with Gasteiger partial charge in [-0.3, -0.25) is 0 Å². The van der Waals surface area contributed by atoms with Crippen LogP contribution in [0.25, 0.3) is 10.9 Å². The molecule has 1 aliphatic rings. The van der Waals surface area contributed by atoms with Gasteiger partial charge in [0.05, 0.1) is 0 Å². The number of halogens is 5. The molecule has 0 saturated heterocycles. The molecule has 3 aromatic rings. The number of hydrogen-bond donors (Lipinski definition) is 1. The summed E-state index contributed by atoms with van der Waals surface area (Å²) in [4.78, 5) is 3.47. The van der Waals surface area contributed by atoms with Gasteiger partial charge in [0.25, 0.3) is 0 Å². The zero-order valence-electron chi connectivity index (χ0n) is 13.9. The summed E-state index contributed by atoms with van der Waals surface area (Å²) in [6.45, 7) is 1.19. The number of fused-ring (bicyclic) bond motifs is 2. The molecule has 0 bridgehead atoms. The third-order valence-electron chi connectivity index (χ3n) is 4.47. The summed E-state index contributed by atoms with van der Waals surface area (Å²) in [5.41, 5.74) is -1.28. The molecule has 142 valence electrons. The van der Waals surface area contributed by atoms with Crippen LogP contribution in [0.4, 0.5) is 23.2 Å². The second-order valence-corrected chi connectivity index (χ2v) is 7.22. The van der Waals surface area contributed by atoms with Crippen LogP contribution in [0.1, 0.15) is 23.8 Å². The number of rotatable bonds is 4. The molecule has 0 fully saturated rings. The van der Waals surface area contributed by atoms with Crippen molar-refractivity contribution in [1.29, 1.82) is 0 Å². The molecule has 0 unspecified atom stereocenters. The molecule has 1 aromatic carbocycles. The number of alkyl halides is 3. The first-order valence-electron chi connectivity index (χ1n) is 8.35. The second-order valence-electron chi connectivity index (χ2n) is 6.30. The molecule has 10 heteroatoms. The van der Waals surface area contributed by atoms with Crippen molar-refractivity contribution >= 4 is 32.5 Å². The number of nitrogens with one attached hydrogen (secondary N) is 1. The Hall–Kier alpha value is -2.23. The predicted octanol–water partition coefficient (Wildman–Crippen LogP) is 4.35. The topological polar surface area (TPSA) is 55.6 Å². The molecule has 3 heterocycles. The number of nitrogens with zero attached hydrogens (tertiary/aromatic N) is 4. The third-order valence-corrected chi connectivity index (χ3v) is 4.93. The van der Waals surface area contributed by atoms with E-state index in [2.05, 4.69) is 36.4 Å². The Kier molecular flexibility index (Phi) is 4.53. The summed E-state index contributed by atoms with van der Waals surface area (Å²) < 4.78 is 56.1. The lowest BCUT2D eigenvalue weighted by molar-refractivity contribution is -0.140. The van der Waals surface area contributed by atoms with Gasteiger partial charge in [-0.2, -0.15) is 13.2 Å². The fraction of sp³-hybridized carbons (Fsp3) is 0.353. The summed E-state index contributed by atoms with van der Waals surface area (Å²) >= 11 is 3.17. The van der Waals surface area contributed by atoms with Gasteiger partial charge in [-0.1, -0.05) is 15.9 Å². The van der Waals surface area contributed by atoms with Crippen LogP contribution < -0.4 is 5.32 Å². The minimum atomic E-state index is -4.67. The maximum absolute atomic E-state index is 14.2. The maximum Gasteiger partial charge on any atom is 0.433 e. The van der Waals surface area contributed by atoms with Gasteiger partial charge >= 0.3 is 6.18 Å². The fourth-order valence-electron chi connectivity index (χ4n) is 3.25. The Balaban J connectivity index is 1.65. The average molecular weight is 444 g/mol. The number of benzene rings is 1. The molecule has 4 rings (SSSR count). The van der Waals surface area contributed by atoms with Crippen molar-refractivity contribution < 1.29 is 17.6 Å². The van der Waals surface area contributed by atoms with Gasteiger partial charge in [-0.05, 0) is 24.6 Å². The molecule has 2 aromatic heterocycles. The first kappa shape index (κ1) is 18.1. The summed E-state index contributed by atoms with van der Waals surface area (Å²) in [6, 6.07) is 3.55. The van der Waals surface area contributed by atoms with Gasteiger partial charge in [0.15, 0.2) is 5.82 Å². The monoisotopic (exact) mass is 443 g/mol. The molecule has 0 spiro atoms. The highest BCUT2D eigenvalue weighted by Crippen LogP contribution is 2.35. The molecule has 0 amide bonds. The largest absolute Gasteiger partial charge is 0.433 e. The van der Waals surface area contributed by atoms with Gasteiger partial charge in [-0.25, -0.2) is 9.37 Å². The Labute approximate surface area is 159 Å². The zero-order valence-corrected chi connectivity index (χ0v) is 15.5. The van der Waals surface area contributed by atoms with Crippen LogP contribution in [-0.2, 0) is 25.6 Å². The highest BCUT2D eigenvalue weighted by molar-refractivity contribution is 9.10. The lowest BCUT2D eigenvalue weighted by atomic mass is 10.1. The molecule has 5 nitrogen and oxygen atoms in total. The van der Waals surface area contributed by atoms with Crippen LogP contribution in [0.2, 0.25) is 0 Å². The Morgan fingerprint density at radius 2 is 2.00 bits per heavy atom. The third kappa shape index (κ3) is 3.50. The quantitative estimate of drug-likeness (QED) is 0.609. The first-order valence-corrected chi connectivity index (χ1v) is 9.14. The van der Waals surface area contributed by atoms with E-state index in [9.17, 15) is 17.6 Å². The normalized spacial score (nSPS) is 14.0. The van der Waals surface area contributed by atoms with E-state index in [0.29, 0.717) is 17.4 Å². The highest BCUT2D eigenvalue weighted by Gasteiger charge is 2.34. The number of hydrogen-bond acceptors (Lipinski definition) is 4. The van der Waals surface area contributed by atoms with Crippen molar-refractivity contribution in [2.24, 2.45) is 0 Å². The summed E-state index contributed by atoms with van der Waals surface area (Å²) in [5.74, 6) is 0.908. The smallest absolute Gasteiger partial charge is 0.384 e. The van der Waals surface area contributed by atoms with E-state index in [1.165, 1.54) is 0 Å². The second kappa shape index (κ2) is 6.74. The van der Waals surface area contributed by atoms with Crippen LogP contribution in [0.5, 0.6) is 0 Å². The van der Waals surface area contributed by atoms with Gasteiger partial charge in [0.1, 0.15) is 22.9 Å². The van der Waals surface area contributed by atoms with Crippen LogP contribution in [-0.4, -0.2) is 26.3 Å². The number of aryl methyl sites for hydroxylation is 1. The van der Waals surface area contributed by atoms with Gasteiger partial charge in [-0.15, -0.1) is 10.2 Å². The van der Waals surface area contributed by atoms with Crippen LogP contribution in [0, 0.1) is 5.82 Å². The van der Waals surface area contributed by atoms with Gasteiger partial charge in [0, 0.05) is 41.5 Å². The van der Waals surface area contributed by atoms with E-state index in [1.807, 2.05) is 4.57 Å². The number of aromatic nitrogens is 4. The molecule has 0 aliphatic carbocycles. The molecular weight excluding hydrogens is 430 g/mol. The lowest BCUT2D eigenvalue weighted by Gasteiger charge is -2.14. The van der Waals surface area contributed by atoms with Crippen molar-refractivity contribution in [3.05, 3.63) is 45.8 Å². The summed E-state index contributed by atoms with van der Waals surface area (Å²) in [7, 11) is 0. The molecule has 0 radical (unpaired) electrons. The van der Waals surface area contributed by atoms with Crippen molar-refractivity contribution in [1.82, 2.24) is 19.7 Å². The standard InChI is InChI=1S/C17H14BrF4N5/c18-9-6-10-12(8-13(17(20,21)22)24-16(10)11(19)7-9)23-4-3-15-26-25-14-2-1-5-27(14)15/h6-8H,1-5H2,(H,23,24). The lowest BCUT2D eigenvalue weighted by Crippen LogP contribution is -2.13. The summed E-state index contributed by atoms with van der Waals surface area (Å²) in [6.07, 6.45) is -2.27. The molecule has 0 saturated carbocycles. The Bertz CT molecular complexity index is 1010. The molecule has 27 heavy (non-hydrogen) atoms. The van der Waals surface area contributed by atoms with E-state index in [-0.39, 0.29) is 16.6 Å². The van der Waals surface area contributed by atoms with E-state index >= 15 is 0 Å². The summed E-state index contributed by atoms with van der Waals surface area (Å²) in [5, 5.41) is 11.5. The van der Waals surface area contributed by atoms with Crippen LogP contribution in [0.15, 0.2) is 22.7 Å². The Morgan fingerprint density at radius 3 is 2.78 bits per heavy atom. The van der Waals surface area contributed by atoms with Gasteiger partial charge < -0.3 is 9.88 Å². The Morgan fingerprint density at radius 1 is 1.19 bits per heavy atom. The highest BCUT2D eigenvalue weighted by atomic mass is 79.9. The number of pyridine rings is 1. The maximum atomic E-state index is 14.2. The molecule has 1 aliphatic heterocycles. The van der Waals surface area contributed by atoms with Crippen molar-refractivity contribution in [2.75, 3.05) is 11.9 Å². The van der Waals surface area contributed by atoms with Crippen molar-refractivity contribution in [2.45, 2.75) is 32.0 Å². The van der Waals surface area contributed by atoms with Crippen LogP contribution in [0.3, 0.4) is 0 Å². The van der Waals surface area contributed by atoms with E-state index in [1.54, 1.807) is 6.07 Å². The zero-order chi connectivity index (χ0) is 19.2. The van der Waals surface area contributed by atoms with E-state index < -0.39 is 17.7 Å². The molecule has 1 N–H and O–H groups in total. The predicted molar refractivity (Wildman–Crippen MR) is 94.9 cm³/mol. The number of anilines is 1. The van der Waals surface area contributed by atoms with E-state index in [4.69, 9.17) is 0 Å². The molecule has 0 atom stereocenters. The van der Waals surface area contributed by atoms with Crippen molar-refractivity contribution in [3.63, 3.8) is 0 Å². The van der Waals surface area contributed by atoms with E-state index in [0.717, 1.165) is 43.2 Å². The minimum Gasteiger partial charge on any atom is -0.384 e. The first-order chi connectivity index (χ1) is 12.8. The minimum absolute atomic E-state index is 0.175. The van der Waals surface area contributed by atoms with Crippen LogP contribution >= 0.6 is 15.9 Å². The average Bonchev–Trinajstić information content (AvgIpc) is 3.18. The fourth-order valence-corrected chi connectivity index (χ4v) is 3.68. The van der Waals surface area contributed by atoms with Crippen molar-refractivity contribution in [3.8, 4) is 0 Å².